The van der Waals surface area contributed by atoms with Gasteiger partial charge in [-0.3, -0.25) is 14.6 Å². The number of para-hydroxylation sites is 2. The summed E-state index contributed by atoms with van der Waals surface area (Å²) < 4.78 is 0. The van der Waals surface area contributed by atoms with Gasteiger partial charge in [-0.05, 0) is 47.4 Å². The average molecular weight is 471 g/mol. The molecule has 4 rings (SSSR count). The molecule has 0 aliphatic rings. The zero-order chi connectivity index (χ0) is 24.1. The van der Waals surface area contributed by atoms with Crippen molar-refractivity contribution in [3.8, 4) is 10.6 Å². The fourth-order valence-corrected chi connectivity index (χ4v) is 4.20. The van der Waals surface area contributed by atoms with E-state index < -0.39 is 0 Å². The van der Waals surface area contributed by atoms with Crippen LogP contribution in [0.15, 0.2) is 78.4 Å². The van der Waals surface area contributed by atoms with Gasteiger partial charge in [-0.1, -0.05) is 45.0 Å². The molecule has 2 aromatic heterocycles. The van der Waals surface area contributed by atoms with Crippen LogP contribution >= 0.6 is 11.3 Å². The van der Waals surface area contributed by atoms with Gasteiger partial charge in [0.2, 0.25) is 5.91 Å². The molecule has 7 heteroatoms. The first-order chi connectivity index (χ1) is 16.3. The van der Waals surface area contributed by atoms with Crippen molar-refractivity contribution in [3.05, 3.63) is 95.3 Å². The molecule has 2 amide bonds. The summed E-state index contributed by atoms with van der Waals surface area (Å²) in [6.45, 7) is 6.39. The third-order valence-electron chi connectivity index (χ3n) is 5.26. The van der Waals surface area contributed by atoms with Gasteiger partial charge in [0, 0.05) is 28.9 Å². The number of benzene rings is 2. The Kier molecular flexibility index (Phi) is 6.84. The molecule has 172 valence electrons. The molecule has 2 N–H and O–H groups in total. The standard InChI is InChI=1S/C27H26N4O2S/c1-27(2,3)20-12-10-18(11-13-20)25(33)31-23-9-5-4-8-22(23)30-24(32)15-21-17-34-26(29-21)19-7-6-14-28-16-19/h4-14,16-17H,15H2,1-3H3,(H,30,32)(H,31,33). The van der Waals surface area contributed by atoms with Gasteiger partial charge in [-0.15, -0.1) is 11.3 Å². The zero-order valence-corrected chi connectivity index (χ0v) is 20.1. The van der Waals surface area contributed by atoms with Crippen molar-refractivity contribution in [2.45, 2.75) is 32.6 Å². The molecular weight excluding hydrogens is 444 g/mol. The number of aromatic nitrogens is 2. The molecule has 2 heterocycles. The van der Waals surface area contributed by atoms with Crippen LogP contribution in [0.3, 0.4) is 0 Å². The monoisotopic (exact) mass is 470 g/mol. The molecule has 0 fully saturated rings. The molecule has 0 atom stereocenters. The first-order valence-corrected chi connectivity index (χ1v) is 11.8. The summed E-state index contributed by atoms with van der Waals surface area (Å²) in [5, 5.41) is 8.49. The van der Waals surface area contributed by atoms with Crippen LogP contribution in [0, 0.1) is 0 Å². The predicted octanol–water partition coefficient (Wildman–Crippen LogP) is 5.94. The highest BCUT2D eigenvalue weighted by Gasteiger charge is 2.16. The second kappa shape index (κ2) is 9.97. The Labute approximate surface area is 203 Å². The summed E-state index contributed by atoms with van der Waals surface area (Å²) in [6, 6.07) is 18.5. The minimum absolute atomic E-state index is 0.0158. The molecule has 0 spiro atoms. The summed E-state index contributed by atoms with van der Waals surface area (Å²) in [5.74, 6) is -0.443. The van der Waals surface area contributed by atoms with E-state index in [2.05, 4.69) is 41.4 Å². The van der Waals surface area contributed by atoms with Gasteiger partial charge in [-0.2, -0.15) is 0 Å². The van der Waals surface area contributed by atoms with Crippen LogP contribution in [-0.2, 0) is 16.6 Å². The fraction of sp³-hybridized carbons (Fsp3) is 0.185. The van der Waals surface area contributed by atoms with E-state index in [9.17, 15) is 9.59 Å². The molecule has 34 heavy (non-hydrogen) atoms. The highest BCUT2D eigenvalue weighted by Crippen LogP contribution is 2.26. The Bertz CT molecular complexity index is 1290. The van der Waals surface area contributed by atoms with Crippen LogP contribution in [0.5, 0.6) is 0 Å². The lowest BCUT2D eigenvalue weighted by atomic mass is 9.87. The predicted molar refractivity (Wildman–Crippen MR) is 137 cm³/mol. The van der Waals surface area contributed by atoms with Crippen molar-refractivity contribution in [1.82, 2.24) is 9.97 Å². The van der Waals surface area contributed by atoms with Crippen molar-refractivity contribution in [3.63, 3.8) is 0 Å². The van der Waals surface area contributed by atoms with Crippen molar-refractivity contribution in [2.75, 3.05) is 10.6 Å². The number of thiazole rings is 1. The highest BCUT2D eigenvalue weighted by atomic mass is 32.1. The second-order valence-electron chi connectivity index (χ2n) is 8.94. The molecule has 0 aliphatic heterocycles. The molecule has 4 aromatic rings. The quantitative estimate of drug-likeness (QED) is 0.365. The Morgan fingerprint density at radius 2 is 1.62 bits per heavy atom. The molecule has 0 saturated heterocycles. The van der Waals surface area contributed by atoms with Gasteiger partial charge in [-0.25, -0.2) is 4.98 Å². The first kappa shape index (κ1) is 23.3. The summed E-state index contributed by atoms with van der Waals surface area (Å²) in [6.07, 6.45) is 3.59. The van der Waals surface area contributed by atoms with Gasteiger partial charge in [0.15, 0.2) is 0 Å². The van der Waals surface area contributed by atoms with Gasteiger partial charge in [0.05, 0.1) is 23.5 Å². The minimum atomic E-state index is -0.234. The Morgan fingerprint density at radius 3 is 2.26 bits per heavy atom. The third-order valence-corrected chi connectivity index (χ3v) is 6.20. The van der Waals surface area contributed by atoms with Gasteiger partial charge in [0.25, 0.3) is 5.91 Å². The fourth-order valence-electron chi connectivity index (χ4n) is 3.39. The zero-order valence-electron chi connectivity index (χ0n) is 19.3. The van der Waals surface area contributed by atoms with Crippen molar-refractivity contribution < 1.29 is 9.59 Å². The van der Waals surface area contributed by atoms with E-state index in [0.717, 1.165) is 16.1 Å². The third kappa shape index (κ3) is 5.74. The molecule has 6 nitrogen and oxygen atoms in total. The average Bonchev–Trinajstić information content (AvgIpc) is 3.29. The van der Waals surface area contributed by atoms with E-state index in [1.54, 1.807) is 24.5 Å². The molecule has 0 unspecified atom stereocenters. The summed E-state index contributed by atoms with van der Waals surface area (Å²) in [4.78, 5) is 34.2. The van der Waals surface area contributed by atoms with Crippen molar-refractivity contribution in [2.24, 2.45) is 0 Å². The number of pyridine rings is 1. The van der Waals surface area contributed by atoms with Gasteiger partial charge >= 0.3 is 0 Å². The second-order valence-corrected chi connectivity index (χ2v) is 9.80. The minimum Gasteiger partial charge on any atom is -0.324 e. The van der Waals surface area contributed by atoms with Gasteiger partial charge in [0.1, 0.15) is 5.01 Å². The number of nitrogens with zero attached hydrogens (tertiary/aromatic N) is 2. The number of hydrogen-bond donors (Lipinski definition) is 2. The van der Waals surface area contributed by atoms with Crippen LogP contribution in [-0.4, -0.2) is 21.8 Å². The van der Waals surface area contributed by atoms with Crippen LogP contribution in [0.25, 0.3) is 10.6 Å². The van der Waals surface area contributed by atoms with E-state index in [4.69, 9.17) is 0 Å². The van der Waals surface area contributed by atoms with Gasteiger partial charge < -0.3 is 10.6 Å². The Morgan fingerprint density at radius 1 is 0.912 bits per heavy atom. The van der Waals surface area contributed by atoms with E-state index in [0.29, 0.717) is 22.6 Å². The van der Waals surface area contributed by atoms with E-state index in [-0.39, 0.29) is 23.7 Å². The molecule has 0 radical (unpaired) electrons. The lowest BCUT2D eigenvalue weighted by Crippen LogP contribution is -2.18. The summed E-state index contributed by atoms with van der Waals surface area (Å²) >= 11 is 1.47. The van der Waals surface area contributed by atoms with E-state index in [1.165, 1.54) is 11.3 Å². The topological polar surface area (TPSA) is 84.0 Å². The SMILES string of the molecule is CC(C)(C)c1ccc(C(=O)Nc2ccccc2NC(=O)Cc2csc(-c3cccnc3)n2)cc1. The maximum Gasteiger partial charge on any atom is 0.255 e. The van der Waals surface area contributed by atoms with Crippen LogP contribution < -0.4 is 10.6 Å². The number of hydrogen-bond acceptors (Lipinski definition) is 5. The largest absolute Gasteiger partial charge is 0.324 e. The van der Waals surface area contributed by atoms with E-state index >= 15 is 0 Å². The lowest BCUT2D eigenvalue weighted by Gasteiger charge is -2.19. The summed E-state index contributed by atoms with van der Waals surface area (Å²) in [7, 11) is 0. The van der Waals surface area contributed by atoms with Crippen LogP contribution in [0.4, 0.5) is 11.4 Å². The number of amides is 2. The highest BCUT2D eigenvalue weighted by molar-refractivity contribution is 7.13. The molecular formula is C27H26N4O2S. The molecule has 0 saturated carbocycles. The van der Waals surface area contributed by atoms with Crippen LogP contribution in [0.2, 0.25) is 0 Å². The normalized spacial score (nSPS) is 11.1. The van der Waals surface area contributed by atoms with Crippen molar-refractivity contribution >= 4 is 34.5 Å². The maximum atomic E-state index is 12.8. The number of carbonyl (C=O) groups excluding carboxylic acids is 2. The Hall–Kier alpha value is -3.84. The number of anilines is 2. The maximum absolute atomic E-state index is 12.8. The smallest absolute Gasteiger partial charge is 0.255 e. The number of nitrogens with one attached hydrogen (secondary N) is 2. The molecule has 0 bridgehead atoms. The Balaban J connectivity index is 1.42. The molecule has 2 aromatic carbocycles. The van der Waals surface area contributed by atoms with Crippen LogP contribution in [0.1, 0.15) is 42.4 Å². The lowest BCUT2D eigenvalue weighted by molar-refractivity contribution is -0.115. The number of rotatable bonds is 6. The summed E-state index contributed by atoms with van der Waals surface area (Å²) in [5.41, 5.74) is 4.40. The van der Waals surface area contributed by atoms with Crippen molar-refractivity contribution in [1.29, 1.82) is 0 Å². The van der Waals surface area contributed by atoms with E-state index in [1.807, 2.05) is 53.9 Å². The number of carbonyl (C=O) groups is 2. The molecule has 0 aliphatic carbocycles. The first-order valence-electron chi connectivity index (χ1n) is 11.0.